The smallest absolute Gasteiger partial charge is 0.333 e. The Bertz CT molecular complexity index is 1320. The number of anilines is 1. The summed E-state index contributed by atoms with van der Waals surface area (Å²) in [5.41, 5.74) is 2.38. The number of fused-ring (bicyclic) bond motifs is 4. The van der Waals surface area contributed by atoms with Crippen LogP contribution in [0.25, 0.3) is 10.8 Å². The van der Waals surface area contributed by atoms with E-state index in [4.69, 9.17) is 14.5 Å². The van der Waals surface area contributed by atoms with Gasteiger partial charge in [0, 0.05) is 16.6 Å². The number of carbonyl (C=O) groups excluding carboxylic acids is 1. The number of rotatable bonds is 4. The lowest BCUT2D eigenvalue weighted by Crippen LogP contribution is -2.64. The van der Waals surface area contributed by atoms with Crippen molar-refractivity contribution in [1.29, 1.82) is 0 Å². The van der Waals surface area contributed by atoms with E-state index >= 15 is 0 Å². The fourth-order valence-corrected chi connectivity index (χ4v) is 4.92. The zero-order valence-electron chi connectivity index (χ0n) is 19.4. The van der Waals surface area contributed by atoms with Crippen LogP contribution in [0.4, 0.5) is 11.4 Å². The molecular formula is C28H28N2O3. The van der Waals surface area contributed by atoms with E-state index in [1.54, 1.807) is 6.92 Å². The Morgan fingerprint density at radius 3 is 2.58 bits per heavy atom. The van der Waals surface area contributed by atoms with Crippen molar-refractivity contribution in [3.8, 4) is 5.75 Å². The summed E-state index contributed by atoms with van der Waals surface area (Å²) in [6, 6.07) is 20.3. The van der Waals surface area contributed by atoms with Crippen LogP contribution in [0.5, 0.6) is 5.75 Å². The third-order valence-electron chi connectivity index (χ3n) is 6.78. The SMILES string of the molecule is C=C(C)C(=O)OC(CC)C1=Nc2c(ccc3ccccc23)OC12Nc1ccccc1C2(C)C. The van der Waals surface area contributed by atoms with Crippen molar-refractivity contribution in [2.45, 2.75) is 51.4 Å². The Morgan fingerprint density at radius 2 is 1.85 bits per heavy atom. The first-order valence-corrected chi connectivity index (χ1v) is 11.3. The second kappa shape index (κ2) is 7.48. The Labute approximate surface area is 194 Å². The van der Waals surface area contributed by atoms with E-state index in [0.717, 1.165) is 27.7 Å². The molecule has 1 N–H and O–H groups in total. The number of benzene rings is 3. The number of hydrogen-bond acceptors (Lipinski definition) is 5. The maximum Gasteiger partial charge on any atom is 0.333 e. The normalized spacial score (nSPS) is 20.8. The highest BCUT2D eigenvalue weighted by atomic mass is 16.6. The molecule has 33 heavy (non-hydrogen) atoms. The minimum Gasteiger partial charge on any atom is -0.459 e. The molecule has 0 aromatic heterocycles. The third-order valence-corrected chi connectivity index (χ3v) is 6.78. The van der Waals surface area contributed by atoms with Gasteiger partial charge in [-0.15, -0.1) is 0 Å². The number of carbonyl (C=O) groups is 1. The Kier molecular flexibility index (Phi) is 4.82. The molecule has 3 aromatic carbocycles. The monoisotopic (exact) mass is 440 g/mol. The number of para-hydroxylation sites is 1. The molecule has 2 atom stereocenters. The molecule has 0 saturated heterocycles. The Hall–Kier alpha value is -3.60. The van der Waals surface area contributed by atoms with Crippen LogP contribution in [-0.4, -0.2) is 23.5 Å². The number of nitrogens with one attached hydrogen (secondary N) is 1. The minimum absolute atomic E-state index is 0.354. The maximum atomic E-state index is 12.6. The number of esters is 1. The predicted molar refractivity (Wildman–Crippen MR) is 132 cm³/mol. The van der Waals surface area contributed by atoms with Crippen molar-refractivity contribution in [1.82, 2.24) is 0 Å². The molecule has 0 fully saturated rings. The predicted octanol–water partition coefficient (Wildman–Crippen LogP) is 6.30. The van der Waals surface area contributed by atoms with E-state index in [0.29, 0.717) is 23.5 Å². The second-order valence-electron chi connectivity index (χ2n) is 9.29. The summed E-state index contributed by atoms with van der Waals surface area (Å²) in [4.78, 5) is 17.8. The Balaban J connectivity index is 1.75. The topological polar surface area (TPSA) is 59.9 Å². The fraction of sp³-hybridized carbons (Fsp3) is 0.286. The average Bonchev–Trinajstić information content (AvgIpc) is 3.03. The maximum absolute atomic E-state index is 12.6. The van der Waals surface area contributed by atoms with Gasteiger partial charge in [-0.25, -0.2) is 9.79 Å². The first kappa shape index (κ1) is 21.3. The third kappa shape index (κ3) is 3.06. The van der Waals surface area contributed by atoms with E-state index in [9.17, 15) is 4.79 Å². The van der Waals surface area contributed by atoms with Gasteiger partial charge >= 0.3 is 5.97 Å². The quantitative estimate of drug-likeness (QED) is 0.382. The van der Waals surface area contributed by atoms with Crippen molar-refractivity contribution < 1.29 is 14.3 Å². The fourth-order valence-electron chi connectivity index (χ4n) is 4.92. The molecule has 0 saturated carbocycles. The van der Waals surface area contributed by atoms with E-state index < -0.39 is 23.2 Å². The standard InChI is InChI=1S/C28H28N2O3/c1-6-22(32-26(31)17(2)3)25-28(27(4,5)20-13-9-10-14-21(20)30-28)33-23-16-15-18-11-7-8-12-19(18)24(23)29-25/h7-16,22,30H,2,6H2,1,3-5H3. The lowest BCUT2D eigenvalue weighted by Gasteiger charge is -2.46. The molecule has 0 aliphatic carbocycles. The molecule has 5 rings (SSSR count). The summed E-state index contributed by atoms with van der Waals surface area (Å²) >= 11 is 0. The van der Waals surface area contributed by atoms with Gasteiger partial charge in [0.15, 0.2) is 0 Å². The first-order valence-electron chi connectivity index (χ1n) is 11.3. The molecule has 1 spiro atoms. The molecule has 0 amide bonds. The van der Waals surface area contributed by atoms with Crippen molar-refractivity contribution in [2.24, 2.45) is 4.99 Å². The molecule has 0 radical (unpaired) electrons. The van der Waals surface area contributed by atoms with Gasteiger partial charge in [0.2, 0.25) is 5.72 Å². The molecule has 5 nitrogen and oxygen atoms in total. The van der Waals surface area contributed by atoms with Crippen LogP contribution in [0.15, 0.2) is 77.8 Å². The number of ether oxygens (including phenoxy) is 2. The van der Waals surface area contributed by atoms with Gasteiger partial charge in [0.25, 0.3) is 0 Å². The van der Waals surface area contributed by atoms with Crippen molar-refractivity contribution in [3.05, 3.63) is 78.4 Å². The average molecular weight is 441 g/mol. The Morgan fingerprint density at radius 1 is 1.12 bits per heavy atom. The highest BCUT2D eigenvalue weighted by Gasteiger charge is 2.61. The van der Waals surface area contributed by atoms with Crippen molar-refractivity contribution in [3.63, 3.8) is 0 Å². The van der Waals surface area contributed by atoms with E-state index in [-0.39, 0.29) is 0 Å². The van der Waals surface area contributed by atoms with Crippen molar-refractivity contribution >= 4 is 33.8 Å². The van der Waals surface area contributed by atoms with E-state index in [1.807, 2.05) is 49.4 Å². The van der Waals surface area contributed by atoms with Crippen LogP contribution in [0, 0.1) is 0 Å². The largest absolute Gasteiger partial charge is 0.459 e. The molecule has 168 valence electrons. The number of aliphatic imine (C=N–C) groups is 1. The van der Waals surface area contributed by atoms with Crippen molar-refractivity contribution in [2.75, 3.05) is 5.32 Å². The summed E-state index contributed by atoms with van der Waals surface area (Å²) in [5, 5.41) is 5.70. The van der Waals surface area contributed by atoms with Gasteiger partial charge in [-0.3, -0.25) is 0 Å². The zero-order chi connectivity index (χ0) is 23.4. The zero-order valence-corrected chi connectivity index (χ0v) is 19.4. The molecule has 2 heterocycles. The molecule has 5 heteroatoms. The molecule has 2 unspecified atom stereocenters. The van der Waals surface area contributed by atoms with Gasteiger partial charge in [-0.1, -0.05) is 62.0 Å². The summed E-state index contributed by atoms with van der Waals surface area (Å²) in [6.45, 7) is 11.7. The lowest BCUT2D eigenvalue weighted by atomic mass is 9.73. The van der Waals surface area contributed by atoms with Gasteiger partial charge in [-0.2, -0.15) is 0 Å². The number of nitrogens with zero attached hydrogens (tertiary/aromatic N) is 1. The van der Waals surface area contributed by atoms with Gasteiger partial charge < -0.3 is 14.8 Å². The minimum atomic E-state index is -1.01. The van der Waals surface area contributed by atoms with Crippen LogP contribution in [0.1, 0.15) is 39.7 Å². The highest BCUT2D eigenvalue weighted by Crippen LogP contribution is 2.54. The highest BCUT2D eigenvalue weighted by molar-refractivity contribution is 6.09. The van der Waals surface area contributed by atoms with E-state index in [1.165, 1.54) is 0 Å². The van der Waals surface area contributed by atoms with Crippen LogP contribution >= 0.6 is 0 Å². The first-order chi connectivity index (χ1) is 15.8. The van der Waals surface area contributed by atoms with Crippen LogP contribution in [0.2, 0.25) is 0 Å². The summed E-state index contributed by atoms with van der Waals surface area (Å²) in [7, 11) is 0. The summed E-state index contributed by atoms with van der Waals surface area (Å²) in [5.74, 6) is 0.267. The van der Waals surface area contributed by atoms with Crippen LogP contribution in [-0.2, 0) is 14.9 Å². The van der Waals surface area contributed by atoms with Crippen LogP contribution in [0.3, 0.4) is 0 Å². The number of hydrogen-bond donors (Lipinski definition) is 1. The molecule has 2 aliphatic rings. The molecule has 0 bridgehead atoms. The molecule has 2 aliphatic heterocycles. The van der Waals surface area contributed by atoms with Gasteiger partial charge in [0.05, 0.1) is 5.41 Å². The molecular weight excluding hydrogens is 412 g/mol. The molecule has 3 aromatic rings. The van der Waals surface area contributed by atoms with E-state index in [2.05, 4.69) is 43.9 Å². The van der Waals surface area contributed by atoms with Gasteiger partial charge in [-0.05, 0) is 50.3 Å². The summed E-state index contributed by atoms with van der Waals surface area (Å²) in [6.07, 6.45) is -0.0284. The van der Waals surface area contributed by atoms with Gasteiger partial charge in [0.1, 0.15) is 23.3 Å². The second-order valence-corrected chi connectivity index (χ2v) is 9.29. The van der Waals surface area contributed by atoms with Crippen LogP contribution < -0.4 is 10.1 Å². The lowest BCUT2D eigenvalue weighted by molar-refractivity contribution is -0.141. The summed E-state index contributed by atoms with van der Waals surface area (Å²) < 4.78 is 12.8.